The Labute approximate surface area is 139 Å². The molecule has 0 aliphatic carbocycles. The molecule has 0 unspecified atom stereocenters. The van der Waals surface area contributed by atoms with Crippen molar-refractivity contribution in [1.82, 2.24) is 9.88 Å². The standard InChI is InChI=1S/C17H23F3N2O2/c1-9-14(12(4)23)10(2)21-15(9)16(24)11(3)22-7-5-6-13(8-22)17(18,19)20/h11,13,21H,5-8H2,1-4H3/t11-,13+/m0/s1. The monoisotopic (exact) mass is 344 g/mol. The molecule has 7 heteroatoms. The number of aromatic amines is 1. The Hall–Kier alpha value is -1.63. The van der Waals surface area contributed by atoms with Crippen LogP contribution in [0.25, 0.3) is 0 Å². The normalized spacial score (nSPS) is 20.9. The summed E-state index contributed by atoms with van der Waals surface area (Å²) in [5.74, 6) is -1.80. The third kappa shape index (κ3) is 3.55. The van der Waals surface area contributed by atoms with Gasteiger partial charge in [-0.05, 0) is 52.6 Å². The Morgan fingerprint density at radius 3 is 2.42 bits per heavy atom. The molecular formula is C17H23F3N2O2. The minimum Gasteiger partial charge on any atom is -0.355 e. The fourth-order valence-electron chi connectivity index (χ4n) is 3.52. The van der Waals surface area contributed by atoms with E-state index in [-0.39, 0.29) is 24.5 Å². The third-order valence-corrected chi connectivity index (χ3v) is 4.88. The third-order valence-electron chi connectivity index (χ3n) is 4.88. The molecule has 4 nitrogen and oxygen atoms in total. The molecule has 1 aromatic heterocycles. The van der Waals surface area contributed by atoms with Gasteiger partial charge in [0.1, 0.15) is 0 Å². The average Bonchev–Trinajstić information content (AvgIpc) is 2.80. The summed E-state index contributed by atoms with van der Waals surface area (Å²) in [7, 11) is 0. The number of ketones is 2. The number of hydrogen-bond acceptors (Lipinski definition) is 3. The molecule has 1 fully saturated rings. The maximum Gasteiger partial charge on any atom is 0.393 e. The number of halogens is 3. The van der Waals surface area contributed by atoms with Crippen LogP contribution in [0.4, 0.5) is 13.2 Å². The van der Waals surface area contributed by atoms with Gasteiger partial charge in [0.25, 0.3) is 0 Å². The van der Waals surface area contributed by atoms with Gasteiger partial charge in [0.05, 0.1) is 17.7 Å². The molecule has 0 amide bonds. The highest BCUT2D eigenvalue weighted by atomic mass is 19.4. The second-order valence-electron chi connectivity index (χ2n) is 6.60. The minimum atomic E-state index is -4.23. The van der Waals surface area contributed by atoms with E-state index in [2.05, 4.69) is 4.98 Å². The molecule has 2 atom stereocenters. The highest BCUT2D eigenvalue weighted by Gasteiger charge is 2.43. The zero-order chi connectivity index (χ0) is 18.2. The van der Waals surface area contributed by atoms with Gasteiger partial charge in [-0.15, -0.1) is 0 Å². The predicted octanol–water partition coefficient (Wildman–Crippen LogP) is 3.68. The molecule has 0 radical (unpaired) electrons. The van der Waals surface area contributed by atoms with Gasteiger partial charge in [-0.25, -0.2) is 0 Å². The molecule has 1 aromatic rings. The van der Waals surface area contributed by atoms with Crippen LogP contribution in [0.3, 0.4) is 0 Å². The number of piperidine rings is 1. The van der Waals surface area contributed by atoms with E-state index in [4.69, 9.17) is 0 Å². The van der Waals surface area contributed by atoms with Gasteiger partial charge in [0.15, 0.2) is 11.6 Å². The van der Waals surface area contributed by atoms with E-state index in [9.17, 15) is 22.8 Å². The fourth-order valence-corrected chi connectivity index (χ4v) is 3.52. The number of likely N-dealkylation sites (tertiary alicyclic amines) is 1. The van der Waals surface area contributed by atoms with Crippen LogP contribution >= 0.6 is 0 Å². The minimum absolute atomic E-state index is 0.107. The number of hydrogen-bond donors (Lipinski definition) is 1. The molecule has 2 rings (SSSR count). The molecule has 134 valence electrons. The van der Waals surface area contributed by atoms with Crippen LogP contribution in [0, 0.1) is 19.8 Å². The SMILES string of the molecule is CC(=O)c1c(C)[nH]c(C(=O)[C@H](C)N2CCC[C@@H](C(F)(F)F)C2)c1C. The molecule has 0 bridgehead atoms. The number of nitrogens with one attached hydrogen (secondary N) is 1. The summed E-state index contributed by atoms with van der Waals surface area (Å²) < 4.78 is 38.9. The topological polar surface area (TPSA) is 53.2 Å². The summed E-state index contributed by atoms with van der Waals surface area (Å²) in [6.45, 7) is 6.77. The van der Waals surface area contributed by atoms with Crippen molar-refractivity contribution in [2.75, 3.05) is 13.1 Å². The van der Waals surface area contributed by atoms with Crippen molar-refractivity contribution < 1.29 is 22.8 Å². The molecule has 24 heavy (non-hydrogen) atoms. The maximum atomic E-state index is 13.0. The van der Waals surface area contributed by atoms with Crippen LogP contribution in [-0.2, 0) is 0 Å². The number of alkyl halides is 3. The van der Waals surface area contributed by atoms with E-state index in [1.807, 2.05) is 0 Å². The predicted molar refractivity (Wildman–Crippen MR) is 84.4 cm³/mol. The average molecular weight is 344 g/mol. The second kappa shape index (κ2) is 6.70. The first-order valence-corrected chi connectivity index (χ1v) is 8.09. The largest absolute Gasteiger partial charge is 0.393 e. The Kier molecular flexibility index (Phi) is 5.22. The Bertz CT molecular complexity index is 649. The first-order valence-electron chi connectivity index (χ1n) is 8.09. The van der Waals surface area contributed by atoms with Crippen LogP contribution in [0.15, 0.2) is 0 Å². The van der Waals surface area contributed by atoms with Crippen molar-refractivity contribution in [3.63, 3.8) is 0 Å². The van der Waals surface area contributed by atoms with Crippen molar-refractivity contribution in [2.24, 2.45) is 5.92 Å². The van der Waals surface area contributed by atoms with Gasteiger partial charge in [-0.1, -0.05) is 0 Å². The molecule has 0 saturated carbocycles. The van der Waals surface area contributed by atoms with Crippen LogP contribution < -0.4 is 0 Å². The number of carbonyl (C=O) groups excluding carboxylic acids is 2. The van der Waals surface area contributed by atoms with Gasteiger partial charge >= 0.3 is 6.18 Å². The van der Waals surface area contributed by atoms with Gasteiger partial charge in [0, 0.05) is 17.8 Å². The lowest BCUT2D eigenvalue weighted by atomic mass is 9.94. The molecule has 0 aromatic carbocycles. The molecule has 2 heterocycles. The van der Waals surface area contributed by atoms with E-state index in [0.29, 0.717) is 35.5 Å². The van der Waals surface area contributed by atoms with Gasteiger partial charge in [-0.3, -0.25) is 14.5 Å². The van der Waals surface area contributed by atoms with Gasteiger partial charge < -0.3 is 4.98 Å². The Morgan fingerprint density at radius 2 is 1.92 bits per heavy atom. The van der Waals surface area contributed by atoms with Crippen LogP contribution in [0.2, 0.25) is 0 Å². The van der Waals surface area contributed by atoms with Crippen molar-refractivity contribution in [1.29, 1.82) is 0 Å². The summed E-state index contributed by atoms with van der Waals surface area (Å²) in [6, 6.07) is -0.660. The highest BCUT2D eigenvalue weighted by molar-refractivity contribution is 6.05. The fraction of sp³-hybridized carbons (Fsp3) is 0.647. The zero-order valence-electron chi connectivity index (χ0n) is 14.4. The Balaban J connectivity index is 2.21. The maximum absolute atomic E-state index is 13.0. The smallest absolute Gasteiger partial charge is 0.355 e. The van der Waals surface area contributed by atoms with Crippen molar-refractivity contribution in [3.8, 4) is 0 Å². The first-order chi connectivity index (χ1) is 11.0. The molecule has 1 saturated heterocycles. The Morgan fingerprint density at radius 1 is 1.29 bits per heavy atom. The lowest BCUT2D eigenvalue weighted by Crippen LogP contribution is -2.48. The summed E-state index contributed by atoms with van der Waals surface area (Å²) in [6.07, 6.45) is -3.71. The van der Waals surface area contributed by atoms with Gasteiger partial charge in [0.2, 0.25) is 0 Å². The van der Waals surface area contributed by atoms with E-state index in [1.54, 1.807) is 25.7 Å². The van der Waals surface area contributed by atoms with Crippen molar-refractivity contribution in [2.45, 2.75) is 52.8 Å². The molecule has 1 aliphatic rings. The van der Waals surface area contributed by atoms with E-state index in [1.165, 1.54) is 6.92 Å². The molecule has 0 spiro atoms. The highest BCUT2D eigenvalue weighted by Crippen LogP contribution is 2.34. The second-order valence-corrected chi connectivity index (χ2v) is 6.60. The molecule has 1 N–H and O–H groups in total. The number of Topliss-reactive ketones (excluding diaryl/α,β-unsaturated/α-hetero) is 2. The number of nitrogens with zero attached hydrogens (tertiary/aromatic N) is 1. The number of aromatic nitrogens is 1. The van der Waals surface area contributed by atoms with Crippen LogP contribution in [0.5, 0.6) is 0 Å². The summed E-state index contributed by atoms with van der Waals surface area (Å²) in [5, 5.41) is 0. The summed E-state index contributed by atoms with van der Waals surface area (Å²) >= 11 is 0. The van der Waals surface area contributed by atoms with E-state index in [0.717, 1.165) is 0 Å². The number of rotatable bonds is 4. The quantitative estimate of drug-likeness (QED) is 0.848. The number of aryl methyl sites for hydroxylation is 1. The molecule has 1 aliphatic heterocycles. The lowest BCUT2D eigenvalue weighted by Gasteiger charge is -2.36. The first kappa shape index (κ1) is 18.7. The van der Waals surface area contributed by atoms with Crippen molar-refractivity contribution in [3.05, 3.63) is 22.5 Å². The number of carbonyl (C=O) groups is 2. The van der Waals surface area contributed by atoms with Crippen LogP contribution in [-0.4, -0.2) is 46.8 Å². The lowest BCUT2D eigenvalue weighted by molar-refractivity contribution is -0.187. The summed E-state index contributed by atoms with van der Waals surface area (Å²) in [4.78, 5) is 29.0. The van der Waals surface area contributed by atoms with Crippen LogP contribution in [0.1, 0.15) is 58.8 Å². The summed E-state index contributed by atoms with van der Waals surface area (Å²) in [5.41, 5.74) is 1.99. The van der Waals surface area contributed by atoms with E-state index >= 15 is 0 Å². The number of H-pyrrole nitrogens is 1. The zero-order valence-corrected chi connectivity index (χ0v) is 14.4. The van der Waals surface area contributed by atoms with E-state index < -0.39 is 18.1 Å². The molecular weight excluding hydrogens is 321 g/mol. The van der Waals surface area contributed by atoms with Crippen molar-refractivity contribution >= 4 is 11.6 Å². The van der Waals surface area contributed by atoms with Gasteiger partial charge in [-0.2, -0.15) is 13.2 Å².